The standard InChI is InChI=1S/C15H27B2N3O5/c1-21-6-12-9(3-14(16)24-12)10-5-20(19-18-10)8-23-7-13-11(22-2)4-15(17)25-13/h5,9,11-15H,3-4,6-8,16-17H2,1-2H3/t9?,11?,12-,13-,14-,15-/m1/s1. The van der Waals surface area contributed by atoms with Crippen molar-refractivity contribution in [2.75, 3.05) is 27.4 Å². The number of rotatable bonds is 8. The van der Waals surface area contributed by atoms with Crippen molar-refractivity contribution >= 4 is 15.7 Å². The fourth-order valence-electron chi connectivity index (χ4n) is 3.71. The SMILES string of the molecule is B[C@H]1CC(OC)[C@@H](COCn2cc(C3C[C@H](B)O[C@@H]3COC)nn2)O1. The Kier molecular flexibility index (Phi) is 6.51. The van der Waals surface area contributed by atoms with Crippen LogP contribution in [-0.2, 0) is 30.4 Å². The summed E-state index contributed by atoms with van der Waals surface area (Å²) >= 11 is 0. The van der Waals surface area contributed by atoms with Crippen LogP contribution in [0.15, 0.2) is 6.20 Å². The Morgan fingerprint density at radius 1 is 1.16 bits per heavy atom. The van der Waals surface area contributed by atoms with Gasteiger partial charge in [0.15, 0.2) is 0 Å². The molecule has 2 aliphatic rings. The molecule has 3 heterocycles. The van der Waals surface area contributed by atoms with Gasteiger partial charge in [-0.05, 0) is 12.8 Å². The van der Waals surface area contributed by atoms with Gasteiger partial charge in [-0.1, -0.05) is 5.21 Å². The third-order valence-electron chi connectivity index (χ3n) is 4.90. The van der Waals surface area contributed by atoms with E-state index in [2.05, 4.69) is 26.0 Å². The van der Waals surface area contributed by atoms with Crippen LogP contribution >= 0.6 is 0 Å². The van der Waals surface area contributed by atoms with Crippen molar-refractivity contribution in [1.29, 1.82) is 0 Å². The summed E-state index contributed by atoms with van der Waals surface area (Å²) in [5.74, 6) is 0.209. The maximum absolute atomic E-state index is 5.90. The molecular formula is C15H27B2N3O5. The summed E-state index contributed by atoms with van der Waals surface area (Å²) in [6, 6.07) is 0.414. The first-order valence-electron chi connectivity index (χ1n) is 8.91. The zero-order valence-electron chi connectivity index (χ0n) is 15.5. The van der Waals surface area contributed by atoms with Gasteiger partial charge < -0.3 is 23.7 Å². The molecule has 2 aliphatic heterocycles. The van der Waals surface area contributed by atoms with Gasteiger partial charge in [0.25, 0.3) is 0 Å². The molecule has 0 spiro atoms. The van der Waals surface area contributed by atoms with E-state index in [1.54, 1.807) is 18.9 Å². The van der Waals surface area contributed by atoms with E-state index >= 15 is 0 Å². The van der Waals surface area contributed by atoms with E-state index < -0.39 is 0 Å². The number of hydrogen-bond acceptors (Lipinski definition) is 7. The fourth-order valence-corrected chi connectivity index (χ4v) is 3.71. The summed E-state index contributed by atoms with van der Waals surface area (Å²) in [7, 11) is 7.53. The van der Waals surface area contributed by atoms with Crippen LogP contribution in [-0.4, -0.2) is 88.4 Å². The zero-order valence-corrected chi connectivity index (χ0v) is 15.5. The summed E-state index contributed by atoms with van der Waals surface area (Å²) < 4.78 is 29.9. The Labute approximate surface area is 150 Å². The van der Waals surface area contributed by atoms with Gasteiger partial charge in [-0.3, -0.25) is 0 Å². The fraction of sp³-hybridized carbons (Fsp3) is 0.867. The number of methoxy groups -OCH3 is 2. The molecule has 0 radical (unpaired) electrons. The summed E-state index contributed by atoms with van der Waals surface area (Å²) in [6.45, 7) is 1.39. The van der Waals surface area contributed by atoms with Gasteiger partial charge in [-0.2, -0.15) is 0 Å². The van der Waals surface area contributed by atoms with Crippen molar-refractivity contribution in [1.82, 2.24) is 15.0 Å². The molecule has 0 aliphatic carbocycles. The highest BCUT2D eigenvalue weighted by Crippen LogP contribution is 2.33. The molecule has 1 aromatic heterocycles. The lowest BCUT2D eigenvalue weighted by atomic mass is 9.89. The van der Waals surface area contributed by atoms with E-state index in [0.717, 1.165) is 18.5 Å². The van der Waals surface area contributed by atoms with Crippen LogP contribution in [0.2, 0.25) is 0 Å². The van der Waals surface area contributed by atoms with Crippen molar-refractivity contribution in [3.63, 3.8) is 0 Å². The van der Waals surface area contributed by atoms with Crippen LogP contribution in [0.1, 0.15) is 24.5 Å². The first-order valence-corrected chi connectivity index (χ1v) is 8.91. The second-order valence-corrected chi connectivity index (χ2v) is 6.96. The molecule has 2 fully saturated rings. The second-order valence-electron chi connectivity index (χ2n) is 6.96. The normalized spacial score (nSPS) is 35.4. The molecule has 2 saturated heterocycles. The van der Waals surface area contributed by atoms with Gasteiger partial charge in [-0.15, -0.1) is 5.10 Å². The predicted octanol–water partition coefficient (Wildman–Crippen LogP) is -1.51. The lowest BCUT2D eigenvalue weighted by Crippen LogP contribution is -2.28. The van der Waals surface area contributed by atoms with E-state index in [1.807, 2.05) is 6.20 Å². The first kappa shape index (κ1) is 18.8. The zero-order chi connectivity index (χ0) is 17.8. The van der Waals surface area contributed by atoms with Crippen LogP contribution in [0.4, 0.5) is 0 Å². The Bertz CT molecular complexity index is 549. The number of ether oxygens (including phenoxy) is 5. The van der Waals surface area contributed by atoms with Crippen LogP contribution in [0.25, 0.3) is 0 Å². The minimum Gasteiger partial charge on any atom is -0.382 e. The van der Waals surface area contributed by atoms with Gasteiger partial charge in [0, 0.05) is 32.1 Å². The van der Waals surface area contributed by atoms with Crippen LogP contribution in [0.3, 0.4) is 0 Å². The minimum atomic E-state index is -0.0295. The molecule has 0 aromatic carbocycles. The molecule has 0 bridgehead atoms. The van der Waals surface area contributed by atoms with Crippen molar-refractivity contribution in [2.45, 2.75) is 55.8 Å². The topological polar surface area (TPSA) is 76.9 Å². The molecule has 0 saturated carbocycles. The average Bonchev–Trinajstić information content (AvgIpc) is 3.27. The highest BCUT2D eigenvalue weighted by molar-refractivity contribution is 6.11. The maximum atomic E-state index is 5.90. The molecule has 8 nitrogen and oxygen atoms in total. The Balaban J connectivity index is 1.50. The molecule has 138 valence electrons. The van der Waals surface area contributed by atoms with Gasteiger partial charge in [0.1, 0.15) is 28.5 Å². The van der Waals surface area contributed by atoms with Crippen molar-refractivity contribution in [3.8, 4) is 0 Å². The molecule has 0 amide bonds. The van der Waals surface area contributed by atoms with Gasteiger partial charge >= 0.3 is 0 Å². The van der Waals surface area contributed by atoms with Crippen LogP contribution < -0.4 is 0 Å². The van der Waals surface area contributed by atoms with E-state index in [-0.39, 0.29) is 36.2 Å². The maximum Gasteiger partial charge on any atom is 0.141 e. The smallest absolute Gasteiger partial charge is 0.141 e. The van der Waals surface area contributed by atoms with Crippen LogP contribution in [0.5, 0.6) is 0 Å². The third-order valence-corrected chi connectivity index (χ3v) is 4.90. The second kappa shape index (κ2) is 8.64. The van der Waals surface area contributed by atoms with Crippen molar-refractivity contribution < 1.29 is 23.7 Å². The summed E-state index contributed by atoms with van der Waals surface area (Å²) in [5.41, 5.74) is 0.926. The summed E-state index contributed by atoms with van der Waals surface area (Å²) in [6.07, 6.45) is 3.85. The summed E-state index contributed by atoms with van der Waals surface area (Å²) in [5, 5.41) is 8.47. The van der Waals surface area contributed by atoms with Crippen molar-refractivity contribution in [2.24, 2.45) is 0 Å². The lowest BCUT2D eigenvalue weighted by molar-refractivity contribution is -0.0589. The van der Waals surface area contributed by atoms with E-state index in [4.69, 9.17) is 23.7 Å². The molecule has 3 rings (SSSR count). The first-order chi connectivity index (χ1) is 12.1. The third kappa shape index (κ3) is 4.62. The monoisotopic (exact) mass is 351 g/mol. The predicted molar refractivity (Wildman–Crippen MR) is 95.0 cm³/mol. The molecule has 1 aromatic rings. The van der Waals surface area contributed by atoms with Gasteiger partial charge in [0.2, 0.25) is 0 Å². The Morgan fingerprint density at radius 2 is 1.92 bits per heavy atom. The van der Waals surface area contributed by atoms with Gasteiger partial charge in [-0.25, -0.2) is 4.68 Å². The molecule has 2 unspecified atom stereocenters. The molecule has 25 heavy (non-hydrogen) atoms. The largest absolute Gasteiger partial charge is 0.382 e. The highest BCUT2D eigenvalue weighted by atomic mass is 16.6. The quantitative estimate of drug-likeness (QED) is 0.528. The van der Waals surface area contributed by atoms with Crippen molar-refractivity contribution in [3.05, 3.63) is 11.9 Å². The Morgan fingerprint density at radius 3 is 2.68 bits per heavy atom. The van der Waals surface area contributed by atoms with E-state index in [1.165, 1.54) is 0 Å². The van der Waals surface area contributed by atoms with E-state index in [0.29, 0.717) is 19.9 Å². The van der Waals surface area contributed by atoms with E-state index in [9.17, 15) is 0 Å². The highest BCUT2D eigenvalue weighted by Gasteiger charge is 2.36. The summed E-state index contributed by atoms with van der Waals surface area (Å²) in [4.78, 5) is 0. The number of hydrogen-bond donors (Lipinski definition) is 0. The van der Waals surface area contributed by atoms with Crippen LogP contribution in [0, 0.1) is 0 Å². The minimum absolute atomic E-state index is 0.0295. The molecular weight excluding hydrogens is 324 g/mol. The lowest BCUT2D eigenvalue weighted by Gasteiger charge is -2.17. The van der Waals surface area contributed by atoms with Gasteiger partial charge in [0.05, 0.1) is 37.3 Å². The molecule has 0 N–H and O–H groups in total. The number of nitrogens with zero attached hydrogens (tertiary/aromatic N) is 3. The molecule has 10 heteroatoms. The number of aromatic nitrogens is 3. The molecule has 6 atom stereocenters. The average molecular weight is 351 g/mol. The Hall–Kier alpha value is -0.930.